The molecular weight excluding hydrogens is 326 g/mol. The summed E-state index contributed by atoms with van der Waals surface area (Å²) in [6, 6.07) is 7.19. The lowest BCUT2D eigenvalue weighted by Crippen LogP contribution is -2.25. The summed E-state index contributed by atoms with van der Waals surface area (Å²) in [5, 5.41) is 11.0. The minimum Gasteiger partial charge on any atom is -0.481 e. The van der Waals surface area contributed by atoms with Crippen molar-refractivity contribution in [3.8, 4) is 0 Å². The number of amides is 1. The molecule has 1 aromatic carbocycles. The SMILES string of the molecule is CC(=O)N/C(=C/c1cccc(Br)c1)C(=O)CCC(=O)O. The molecule has 0 aliphatic heterocycles. The highest BCUT2D eigenvalue weighted by molar-refractivity contribution is 9.10. The first-order valence-corrected chi connectivity index (χ1v) is 6.67. The average molecular weight is 340 g/mol. The van der Waals surface area contributed by atoms with Crippen LogP contribution in [0.2, 0.25) is 0 Å². The maximum Gasteiger partial charge on any atom is 0.303 e. The number of ketones is 1. The van der Waals surface area contributed by atoms with E-state index >= 15 is 0 Å². The lowest BCUT2D eigenvalue weighted by molar-refractivity contribution is -0.138. The van der Waals surface area contributed by atoms with Crippen molar-refractivity contribution in [1.82, 2.24) is 5.32 Å². The van der Waals surface area contributed by atoms with Crippen molar-refractivity contribution in [2.45, 2.75) is 19.8 Å². The minimum absolute atomic E-state index is 0.0943. The zero-order valence-electron chi connectivity index (χ0n) is 10.9. The molecular formula is C14H14BrNO4. The van der Waals surface area contributed by atoms with Crippen molar-refractivity contribution < 1.29 is 19.5 Å². The van der Waals surface area contributed by atoms with Gasteiger partial charge in [0.15, 0.2) is 5.78 Å². The molecule has 106 valence electrons. The summed E-state index contributed by atoms with van der Waals surface area (Å²) in [5.41, 5.74) is 0.823. The number of carboxylic acid groups (broad SMARTS) is 1. The number of hydrogen-bond donors (Lipinski definition) is 2. The zero-order valence-corrected chi connectivity index (χ0v) is 12.4. The molecule has 0 fully saturated rings. The van der Waals surface area contributed by atoms with Gasteiger partial charge >= 0.3 is 5.97 Å². The summed E-state index contributed by atoms with van der Waals surface area (Å²) in [6.45, 7) is 1.29. The molecule has 6 heteroatoms. The summed E-state index contributed by atoms with van der Waals surface area (Å²) >= 11 is 3.31. The van der Waals surface area contributed by atoms with Crippen molar-refractivity contribution in [1.29, 1.82) is 0 Å². The van der Waals surface area contributed by atoms with E-state index in [4.69, 9.17) is 5.11 Å². The van der Waals surface area contributed by atoms with Crippen LogP contribution >= 0.6 is 15.9 Å². The third-order valence-electron chi connectivity index (χ3n) is 2.34. The first-order valence-electron chi connectivity index (χ1n) is 5.88. The van der Waals surface area contributed by atoms with E-state index in [1.807, 2.05) is 6.07 Å². The Morgan fingerprint density at radius 2 is 2.00 bits per heavy atom. The van der Waals surface area contributed by atoms with Crippen molar-refractivity contribution in [2.75, 3.05) is 0 Å². The Kier molecular flexibility index (Phi) is 6.11. The van der Waals surface area contributed by atoms with Gasteiger partial charge in [-0.3, -0.25) is 14.4 Å². The molecule has 20 heavy (non-hydrogen) atoms. The molecule has 0 spiro atoms. The number of carboxylic acids is 1. The zero-order chi connectivity index (χ0) is 15.1. The Balaban J connectivity index is 2.96. The van der Waals surface area contributed by atoms with Crippen LogP contribution in [0.4, 0.5) is 0 Å². The maximum absolute atomic E-state index is 11.9. The smallest absolute Gasteiger partial charge is 0.303 e. The molecule has 0 atom stereocenters. The quantitative estimate of drug-likeness (QED) is 0.779. The van der Waals surface area contributed by atoms with Crippen molar-refractivity contribution in [3.63, 3.8) is 0 Å². The van der Waals surface area contributed by atoms with Crippen molar-refractivity contribution in [3.05, 3.63) is 40.0 Å². The van der Waals surface area contributed by atoms with Gasteiger partial charge in [0, 0.05) is 17.8 Å². The molecule has 5 nitrogen and oxygen atoms in total. The second kappa shape index (κ2) is 7.59. The van der Waals surface area contributed by atoms with Gasteiger partial charge in [-0.2, -0.15) is 0 Å². The van der Waals surface area contributed by atoms with E-state index in [1.54, 1.807) is 18.2 Å². The number of rotatable bonds is 6. The molecule has 1 rings (SSSR count). The number of Topliss-reactive ketones (excluding diaryl/α,β-unsaturated/α-hetero) is 1. The van der Waals surface area contributed by atoms with Crippen molar-refractivity contribution >= 4 is 39.7 Å². The number of carbonyl (C=O) groups excluding carboxylic acids is 2. The van der Waals surface area contributed by atoms with Crippen LogP contribution in [-0.4, -0.2) is 22.8 Å². The molecule has 0 saturated heterocycles. The van der Waals surface area contributed by atoms with Crippen LogP contribution in [-0.2, 0) is 14.4 Å². The fourth-order valence-corrected chi connectivity index (χ4v) is 1.91. The van der Waals surface area contributed by atoms with Crippen LogP contribution in [0.1, 0.15) is 25.3 Å². The molecule has 0 unspecified atom stereocenters. The summed E-state index contributed by atoms with van der Waals surface area (Å²) in [7, 11) is 0. The summed E-state index contributed by atoms with van der Waals surface area (Å²) in [4.78, 5) is 33.5. The first-order chi connectivity index (χ1) is 9.38. The average Bonchev–Trinajstić information content (AvgIpc) is 2.34. The Hall–Kier alpha value is -1.95. The highest BCUT2D eigenvalue weighted by Crippen LogP contribution is 2.15. The number of nitrogens with one attached hydrogen (secondary N) is 1. The maximum atomic E-state index is 11.9. The van der Waals surface area contributed by atoms with E-state index in [9.17, 15) is 14.4 Å². The molecule has 0 radical (unpaired) electrons. The summed E-state index contributed by atoms with van der Waals surface area (Å²) in [6.07, 6.45) is 1.10. The second-order valence-electron chi connectivity index (χ2n) is 4.11. The van der Waals surface area contributed by atoms with Crippen LogP contribution in [0, 0.1) is 0 Å². The van der Waals surface area contributed by atoms with E-state index in [0.717, 1.165) is 10.0 Å². The molecule has 0 aromatic heterocycles. The van der Waals surface area contributed by atoms with Crippen molar-refractivity contribution in [2.24, 2.45) is 0 Å². The Bertz CT molecular complexity index is 566. The molecule has 2 N–H and O–H groups in total. The number of hydrogen-bond acceptors (Lipinski definition) is 3. The molecule has 0 saturated carbocycles. The molecule has 0 aliphatic carbocycles. The number of halogens is 1. The van der Waals surface area contributed by atoms with E-state index in [2.05, 4.69) is 21.2 Å². The van der Waals surface area contributed by atoms with Gasteiger partial charge in [0.05, 0.1) is 12.1 Å². The van der Waals surface area contributed by atoms with Gasteiger partial charge in [-0.05, 0) is 23.8 Å². The normalized spacial score (nSPS) is 11.0. The molecule has 0 bridgehead atoms. The lowest BCUT2D eigenvalue weighted by atomic mass is 10.1. The van der Waals surface area contributed by atoms with E-state index in [-0.39, 0.29) is 24.4 Å². The number of aliphatic carboxylic acids is 1. The van der Waals surface area contributed by atoms with Gasteiger partial charge in [0.25, 0.3) is 0 Å². The van der Waals surface area contributed by atoms with Crippen LogP contribution in [0.25, 0.3) is 6.08 Å². The van der Waals surface area contributed by atoms with Crippen LogP contribution in [0.5, 0.6) is 0 Å². The third-order valence-corrected chi connectivity index (χ3v) is 2.83. The number of benzene rings is 1. The van der Waals surface area contributed by atoms with Crippen LogP contribution < -0.4 is 5.32 Å². The Labute approximate surface area is 124 Å². The second-order valence-corrected chi connectivity index (χ2v) is 5.03. The summed E-state index contributed by atoms with van der Waals surface area (Å²) < 4.78 is 0.839. The molecule has 1 aromatic rings. The van der Waals surface area contributed by atoms with Gasteiger partial charge in [-0.25, -0.2) is 0 Å². The Morgan fingerprint density at radius 3 is 2.55 bits per heavy atom. The summed E-state index contributed by atoms with van der Waals surface area (Å²) in [5.74, 6) is -1.85. The minimum atomic E-state index is -1.05. The lowest BCUT2D eigenvalue weighted by Gasteiger charge is -2.07. The highest BCUT2D eigenvalue weighted by atomic mass is 79.9. The van der Waals surface area contributed by atoms with Gasteiger partial charge in [0.2, 0.25) is 5.91 Å². The number of carbonyl (C=O) groups is 3. The molecule has 1 amide bonds. The van der Waals surface area contributed by atoms with Gasteiger partial charge in [0.1, 0.15) is 0 Å². The van der Waals surface area contributed by atoms with Crippen LogP contribution in [0.3, 0.4) is 0 Å². The predicted octanol–water partition coefficient (Wildman–Crippen LogP) is 2.36. The first kappa shape index (κ1) is 16.1. The monoisotopic (exact) mass is 339 g/mol. The third kappa shape index (κ3) is 5.79. The van der Waals surface area contributed by atoms with E-state index < -0.39 is 11.8 Å². The molecule has 0 heterocycles. The van der Waals surface area contributed by atoms with E-state index in [0.29, 0.717) is 0 Å². The highest BCUT2D eigenvalue weighted by Gasteiger charge is 2.13. The van der Waals surface area contributed by atoms with Gasteiger partial charge in [-0.1, -0.05) is 28.1 Å². The fourth-order valence-electron chi connectivity index (χ4n) is 1.49. The van der Waals surface area contributed by atoms with Gasteiger partial charge in [-0.15, -0.1) is 0 Å². The Morgan fingerprint density at radius 1 is 1.30 bits per heavy atom. The topological polar surface area (TPSA) is 83.5 Å². The predicted molar refractivity (Wildman–Crippen MR) is 77.8 cm³/mol. The van der Waals surface area contributed by atoms with Gasteiger partial charge < -0.3 is 10.4 Å². The molecule has 0 aliphatic rings. The largest absolute Gasteiger partial charge is 0.481 e. The van der Waals surface area contributed by atoms with E-state index in [1.165, 1.54) is 13.0 Å². The van der Waals surface area contributed by atoms with Crippen LogP contribution in [0.15, 0.2) is 34.4 Å². The fraction of sp³-hybridized carbons (Fsp3) is 0.214. The number of allylic oxidation sites excluding steroid dienone is 1. The standard InChI is InChI=1S/C14H14BrNO4/c1-9(17)16-12(13(18)5-6-14(19)20)8-10-3-2-4-11(15)7-10/h2-4,7-8H,5-6H2,1H3,(H,16,17)(H,19,20)/b12-8+.